The monoisotopic (exact) mass is 290 g/mol. The van der Waals surface area contributed by atoms with Gasteiger partial charge in [0.25, 0.3) is 5.56 Å². The summed E-state index contributed by atoms with van der Waals surface area (Å²) in [6, 6.07) is 13.5. The van der Waals surface area contributed by atoms with E-state index in [4.69, 9.17) is 0 Å². The van der Waals surface area contributed by atoms with Gasteiger partial charge < -0.3 is 5.21 Å². The average Bonchev–Trinajstić information content (AvgIpc) is 2.58. The Morgan fingerprint density at radius 3 is 2.86 bits per heavy atom. The van der Waals surface area contributed by atoms with Gasteiger partial charge in [0.2, 0.25) is 0 Å². The van der Waals surface area contributed by atoms with Crippen LogP contribution >= 0.6 is 0 Å². The number of allylic oxidation sites excluding steroid dienone is 1. The van der Waals surface area contributed by atoms with Crippen molar-refractivity contribution in [3.63, 3.8) is 0 Å². The molecule has 0 saturated heterocycles. The van der Waals surface area contributed by atoms with Crippen molar-refractivity contribution in [2.45, 2.75) is 12.8 Å². The first kappa shape index (κ1) is 12.8. The summed E-state index contributed by atoms with van der Waals surface area (Å²) < 4.78 is 0.607. The van der Waals surface area contributed by atoms with Crippen LogP contribution in [0.5, 0.6) is 0 Å². The second kappa shape index (κ2) is 4.84. The Bertz CT molecular complexity index is 970. The van der Waals surface area contributed by atoms with E-state index in [0.29, 0.717) is 10.4 Å². The van der Waals surface area contributed by atoms with Gasteiger partial charge in [0.1, 0.15) is 0 Å². The maximum absolute atomic E-state index is 12.0. The highest BCUT2D eigenvalue weighted by atomic mass is 16.5. The molecule has 2 aromatic heterocycles. The fourth-order valence-electron chi connectivity index (χ4n) is 3.05. The molecule has 0 atom stereocenters. The van der Waals surface area contributed by atoms with Crippen molar-refractivity contribution >= 4 is 22.7 Å². The van der Waals surface area contributed by atoms with E-state index in [2.05, 4.69) is 23.2 Å². The molecule has 0 amide bonds. The van der Waals surface area contributed by atoms with Crippen molar-refractivity contribution in [3.8, 4) is 0 Å². The van der Waals surface area contributed by atoms with Crippen molar-refractivity contribution in [2.24, 2.45) is 0 Å². The third-order valence-corrected chi connectivity index (χ3v) is 4.15. The summed E-state index contributed by atoms with van der Waals surface area (Å²) in [6.07, 6.45) is 5.52. The molecule has 0 spiro atoms. The molecule has 1 aliphatic carbocycles. The molecule has 1 aromatic carbocycles. The lowest BCUT2D eigenvalue weighted by atomic mass is 9.88. The molecule has 3 aromatic rings. The Hall–Kier alpha value is -2.88. The van der Waals surface area contributed by atoms with Crippen molar-refractivity contribution in [3.05, 3.63) is 75.7 Å². The molecule has 4 rings (SSSR count). The van der Waals surface area contributed by atoms with E-state index >= 15 is 0 Å². The van der Waals surface area contributed by atoms with Gasteiger partial charge in [-0.05, 0) is 47.2 Å². The Labute approximate surface area is 126 Å². The number of aryl methyl sites for hydroxylation is 1. The molecule has 2 heterocycles. The molecule has 0 aliphatic heterocycles. The molecule has 4 heteroatoms. The minimum Gasteiger partial charge on any atom is -0.423 e. The highest BCUT2D eigenvalue weighted by molar-refractivity contribution is 5.95. The number of rotatable bonds is 1. The van der Waals surface area contributed by atoms with Crippen LogP contribution < -0.4 is 5.56 Å². The number of fused-ring (bicyclic) bond motifs is 2. The van der Waals surface area contributed by atoms with Gasteiger partial charge >= 0.3 is 0 Å². The van der Waals surface area contributed by atoms with E-state index in [1.165, 1.54) is 17.2 Å². The molecule has 108 valence electrons. The summed E-state index contributed by atoms with van der Waals surface area (Å²) in [5, 5.41) is 10.6. The van der Waals surface area contributed by atoms with Crippen LogP contribution in [-0.2, 0) is 6.42 Å². The summed E-state index contributed by atoms with van der Waals surface area (Å²) in [6.45, 7) is 0. The fraction of sp³-hybridized carbons (Fsp3) is 0.111. The smallest absolute Gasteiger partial charge is 0.285 e. The van der Waals surface area contributed by atoms with Crippen molar-refractivity contribution in [1.29, 1.82) is 0 Å². The molecule has 0 radical (unpaired) electrons. The maximum atomic E-state index is 12.0. The molecule has 1 N–H and O–H groups in total. The molecule has 22 heavy (non-hydrogen) atoms. The van der Waals surface area contributed by atoms with Gasteiger partial charge in [-0.3, -0.25) is 4.79 Å². The quantitative estimate of drug-likeness (QED) is 0.701. The van der Waals surface area contributed by atoms with Crippen molar-refractivity contribution in [1.82, 2.24) is 9.71 Å². The number of aromatic nitrogens is 2. The Morgan fingerprint density at radius 1 is 1.09 bits per heavy atom. The van der Waals surface area contributed by atoms with Gasteiger partial charge in [-0.1, -0.05) is 30.3 Å². The predicted molar refractivity (Wildman–Crippen MR) is 85.8 cm³/mol. The predicted octanol–water partition coefficient (Wildman–Crippen LogP) is 3.12. The molecule has 0 bridgehead atoms. The summed E-state index contributed by atoms with van der Waals surface area (Å²) >= 11 is 0. The third-order valence-electron chi connectivity index (χ3n) is 4.15. The number of benzene rings is 1. The summed E-state index contributed by atoms with van der Waals surface area (Å²) in [5.74, 6) is 0. The van der Waals surface area contributed by atoms with Crippen molar-refractivity contribution < 1.29 is 5.21 Å². The largest absolute Gasteiger partial charge is 0.423 e. The number of nitrogens with zero attached hydrogens (tertiary/aromatic N) is 2. The molecule has 4 nitrogen and oxygen atoms in total. The SMILES string of the molecule is O=c1cc(C2=Cc3ccccc3CC2)c2cccnc2n1O. The molecular weight excluding hydrogens is 276 g/mol. The van der Waals surface area contributed by atoms with E-state index in [1.54, 1.807) is 6.20 Å². The first-order chi connectivity index (χ1) is 10.7. The van der Waals surface area contributed by atoms with Gasteiger partial charge in [0, 0.05) is 17.6 Å². The summed E-state index contributed by atoms with van der Waals surface area (Å²) in [5.41, 5.74) is 4.31. The number of hydrogen-bond donors (Lipinski definition) is 1. The molecule has 0 unspecified atom stereocenters. The lowest BCUT2D eigenvalue weighted by molar-refractivity contribution is 0.186. The van der Waals surface area contributed by atoms with E-state index in [1.807, 2.05) is 24.3 Å². The van der Waals surface area contributed by atoms with Crippen LogP contribution in [0.15, 0.2) is 53.5 Å². The minimum atomic E-state index is -0.457. The van der Waals surface area contributed by atoms with Gasteiger partial charge in [-0.2, -0.15) is 0 Å². The Morgan fingerprint density at radius 2 is 1.95 bits per heavy atom. The van der Waals surface area contributed by atoms with E-state index in [9.17, 15) is 10.0 Å². The average molecular weight is 290 g/mol. The van der Waals surface area contributed by atoms with Crippen LogP contribution in [0.1, 0.15) is 23.1 Å². The standard InChI is InChI=1S/C18H14N2O2/c21-17-11-16(15-6-3-9-19-18(15)20(17)22)14-8-7-12-4-1-2-5-13(12)10-14/h1-6,9-11,22H,7-8H2. The van der Waals surface area contributed by atoms with E-state index in [0.717, 1.165) is 29.4 Å². The minimum absolute atomic E-state index is 0.296. The van der Waals surface area contributed by atoms with E-state index in [-0.39, 0.29) is 0 Å². The molecule has 0 saturated carbocycles. The maximum Gasteiger partial charge on any atom is 0.285 e. The van der Waals surface area contributed by atoms with Crippen LogP contribution in [0.2, 0.25) is 0 Å². The number of hydrogen-bond acceptors (Lipinski definition) is 3. The van der Waals surface area contributed by atoms with Crippen molar-refractivity contribution in [2.75, 3.05) is 0 Å². The second-order valence-corrected chi connectivity index (χ2v) is 5.45. The molecule has 0 fully saturated rings. The zero-order chi connectivity index (χ0) is 15.1. The van der Waals surface area contributed by atoms with Crippen LogP contribution in [0.4, 0.5) is 0 Å². The summed E-state index contributed by atoms with van der Waals surface area (Å²) in [4.78, 5) is 16.1. The third kappa shape index (κ3) is 1.92. The second-order valence-electron chi connectivity index (χ2n) is 5.45. The van der Waals surface area contributed by atoms with Gasteiger partial charge in [0.15, 0.2) is 5.65 Å². The highest BCUT2D eigenvalue weighted by Gasteiger charge is 2.16. The van der Waals surface area contributed by atoms with E-state index < -0.39 is 5.56 Å². The highest BCUT2D eigenvalue weighted by Crippen LogP contribution is 2.32. The van der Waals surface area contributed by atoms with Crippen LogP contribution in [0, 0.1) is 0 Å². The zero-order valence-electron chi connectivity index (χ0n) is 11.9. The number of pyridine rings is 2. The lowest BCUT2D eigenvalue weighted by Crippen LogP contribution is -2.19. The molecular formula is C18H14N2O2. The zero-order valence-corrected chi connectivity index (χ0v) is 11.9. The lowest BCUT2D eigenvalue weighted by Gasteiger charge is -2.18. The Balaban J connectivity index is 1.98. The van der Waals surface area contributed by atoms with Gasteiger partial charge in [-0.25, -0.2) is 4.98 Å². The topological polar surface area (TPSA) is 55.1 Å². The van der Waals surface area contributed by atoms with Crippen LogP contribution in [0.25, 0.3) is 22.7 Å². The van der Waals surface area contributed by atoms with Gasteiger partial charge in [0.05, 0.1) is 0 Å². The first-order valence-electron chi connectivity index (χ1n) is 7.23. The van der Waals surface area contributed by atoms with Crippen LogP contribution in [0.3, 0.4) is 0 Å². The summed E-state index contributed by atoms with van der Waals surface area (Å²) in [7, 11) is 0. The Kier molecular flexibility index (Phi) is 2.82. The first-order valence-corrected chi connectivity index (χ1v) is 7.23. The van der Waals surface area contributed by atoms with Gasteiger partial charge in [-0.15, -0.1) is 4.73 Å². The normalized spacial score (nSPS) is 13.7. The molecule has 1 aliphatic rings. The fourth-order valence-corrected chi connectivity index (χ4v) is 3.05. The van der Waals surface area contributed by atoms with Crippen LogP contribution in [-0.4, -0.2) is 14.9 Å².